The van der Waals surface area contributed by atoms with Crippen molar-refractivity contribution in [1.82, 2.24) is 35.2 Å². The number of aromatic nitrogens is 5. The highest BCUT2D eigenvalue weighted by Gasteiger charge is 2.16. The minimum absolute atomic E-state index is 0.293. The fourth-order valence-corrected chi connectivity index (χ4v) is 4.51. The van der Waals surface area contributed by atoms with Crippen LogP contribution in [-0.2, 0) is 4.74 Å². The lowest BCUT2D eigenvalue weighted by atomic mass is 10.2. The van der Waals surface area contributed by atoms with Gasteiger partial charge in [0.25, 0.3) is 0 Å². The van der Waals surface area contributed by atoms with E-state index in [-0.39, 0.29) is 0 Å². The highest BCUT2D eigenvalue weighted by molar-refractivity contribution is 7.98. The van der Waals surface area contributed by atoms with Gasteiger partial charge in [-0.05, 0) is 37.9 Å². The third-order valence-corrected chi connectivity index (χ3v) is 6.45. The second-order valence-electron chi connectivity index (χ2n) is 7.16. The Labute approximate surface area is 195 Å². The molecule has 12 heteroatoms. The topological polar surface area (TPSA) is 116 Å². The Hall–Kier alpha value is -2.25. The van der Waals surface area contributed by atoms with Crippen LogP contribution in [0.5, 0.6) is 5.75 Å². The highest BCUT2D eigenvalue weighted by atomic mass is 32.2. The van der Waals surface area contributed by atoms with Crippen LogP contribution in [0.15, 0.2) is 29.4 Å². The number of nitrogens with zero attached hydrogens (tertiary/aromatic N) is 6. The van der Waals surface area contributed by atoms with Gasteiger partial charge in [-0.15, -0.1) is 15.3 Å². The highest BCUT2D eigenvalue weighted by Crippen LogP contribution is 2.33. The third kappa shape index (κ3) is 5.95. The van der Waals surface area contributed by atoms with Crippen LogP contribution in [0.4, 0.5) is 5.95 Å². The molecule has 172 valence electrons. The number of nitrogen functional groups attached to an aromatic ring is 1. The van der Waals surface area contributed by atoms with Crippen LogP contribution >= 0.6 is 23.1 Å². The number of anilines is 1. The van der Waals surface area contributed by atoms with E-state index in [0.29, 0.717) is 22.8 Å². The summed E-state index contributed by atoms with van der Waals surface area (Å²) in [5.41, 5.74) is 6.86. The smallest absolute Gasteiger partial charge is 0.236 e. The molecule has 1 aliphatic heterocycles. The zero-order valence-corrected chi connectivity index (χ0v) is 19.7. The molecule has 4 rings (SSSR count). The maximum atomic E-state index is 6.03. The molecule has 3 N–H and O–H groups in total. The van der Waals surface area contributed by atoms with Crippen molar-refractivity contribution in [1.29, 1.82) is 0 Å². The van der Waals surface area contributed by atoms with Gasteiger partial charge in [-0.25, -0.2) is 0 Å². The first-order chi connectivity index (χ1) is 15.7. The van der Waals surface area contributed by atoms with E-state index in [4.69, 9.17) is 15.2 Å². The molecule has 1 aliphatic rings. The molecule has 1 fully saturated rings. The van der Waals surface area contributed by atoms with Crippen LogP contribution in [0.1, 0.15) is 6.42 Å². The SMILES string of the molecule is CSc1nc(N)n(-c2nnc(-c3ccccc3OCCNCCCN3CCOCC3)s2)n1. The van der Waals surface area contributed by atoms with Crippen LogP contribution < -0.4 is 15.8 Å². The van der Waals surface area contributed by atoms with Gasteiger partial charge in [0.2, 0.25) is 16.2 Å². The summed E-state index contributed by atoms with van der Waals surface area (Å²) in [5, 5.41) is 18.3. The maximum absolute atomic E-state index is 6.03. The molecule has 0 radical (unpaired) electrons. The van der Waals surface area contributed by atoms with Gasteiger partial charge in [0.1, 0.15) is 12.4 Å². The molecule has 2 aromatic heterocycles. The number of hydrogen-bond acceptors (Lipinski definition) is 11. The molecular weight excluding hydrogens is 448 g/mol. The number of benzene rings is 1. The van der Waals surface area contributed by atoms with E-state index in [2.05, 4.69) is 30.5 Å². The summed E-state index contributed by atoms with van der Waals surface area (Å²) in [7, 11) is 0. The number of thioether (sulfide) groups is 1. The molecule has 0 saturated carbocycles. The van der Waals surface area contributed by atoms with E-state index in [1.54, 1.807) is 0 Å². The number of para-hydroxylation sites is 1. The molecule has 3 heterocycles. The molecule has 1 aromatic carbocycles. The minimum atomic E-state index is 0.293. The first kappa shape index (κ1) is 22.9. The maximum Gasteiger partial charge on any atom is 0.236 e. The molecule has 0 atom stereocenters. The summed E-state index contributed by atoms with van der Waals surface area (Å²) < 4.78 is 12.9. The number of rotatable bonds is 11. The van der Waals surface area contributed by atoms with Crippen LogP contribution in [0.25, 0.3) is 15.7 Å². The fourth-order valence-electron chi connectivity index (χ4n) is 3.32. The van der Waals surface area contributed by atoms with Gasteiger partial charge >= 0.3 is 0 Å². The molecule has 0 amide bonds. The summed E-state index contributed by atoms with van der Waals surface area (Å²) in [6, 6.07) is 7.84. The Balaban J connectivity index is 1.28. The Morgan fingerprint density at radius 1 is 1.22 bits per heavy atom. The summed E-state index contributed by atoms with van der Waals surface area (Å²) in [6.45, 7) is 7.21. The molecule has 0 aliphatic carbocycles. The van der Waals surface area contributed by atoms with Crippen LogP contribution in [0.2, 0.25) is 0 Å². The van der Waals surface area contributed by atoms with E-state index in [1.165, 1.54) is 27.8 Å². The van der Waals surface area contributed by atoms with Gasteiger partial charge in [-0.1, -0.05) is 35.2 Å². The second kappa shape index (κ2) is 11.6. The summed E-state index contributed by atoms with van der Waals surface area (Å²) in [6.07, 6.45) is 3.02. The van der Waals surface area contributed by atoms with Gasteiger partial charge < -0.3 is 20.5 Å². The summed E-state index contributed by atoms with van der Waals surface area (Å²) in [4.78, 5) is 6.64. The molecule has 0 unspecified atom stereocenters. The number of nitrogens with two attached hydrogens (primary N) is 1. The molecule has 0 bridgehead atoms. The van der Waals surface area contributed by atoms with Crippen LogP contribution in [-0.4, -0.2) is 88.7 Å². The van der Waals surface area contributed by atoms with E-state index in [0.717, 1.165) is 68.7 Å². The number of hydrogen-bond donors (Lipinski definition) is 2. The Bertz CT molecular complexity index is 990. The number of nitrogens with one attached hydrogen (secondary N) is 1. The molecule has 0 spiro atoms. The van der Waals surface area contributed by atoms with E-state index in [1.807, 2.05) is 30.5 Å². The van der Waals surface area contributed by atoms with Crippen molar-refractivity contribution in [2.24, 2.45) is 0 Å². The Kier molecular flexibility index (Phi) is 8.29. The lowest BCUT2D eigenvalue weighted by Gasteiger charge is -2.26. The van der Waals surface area contributed by atoms with E-state index in [9.17, 15) is 0 Å². The summed E-state index contributed by atoms with van der Waals surface area (Å²) >= 11 is 2.82. The Morgan fingerprint density at radius 3 is 2.88 bits per heavy atom. The van der Waals surface area contributed by atoms with Gasteiger partial charge in [0, 0.05) is 19.6 Å². The van der Waals surface area contributed by atoms with Crippen molar-refractivity contribution in [3.63, 3.8) is 0 Å². The third-order valence-electron chi connectivity index (χ3n) is 4.98. The van der Waals surface area contributed by atoms with Crippen molar-refractivity contribution in [3.8, 4) is 21.5 Å². The standard InChI is InChI=1S/C20H28N8O2S2/c1-31-19-23-18(21)28(26-19)20-25-24-17(32-20)15-5-2-3-6-16(15)30-12-8-22-7-4-9-27-10-13-29-14-11-27/h2-3,5-6,22H,4,7-14H2,1H3,(H2,21,23,26). The quantitative estimate of drug-likeness (QED) is 0.313. The predicted octanol–water partition coefficient (Wildman–Crippen LogP) is 1.78. The molecular formula is C20H28N8O2S2. The lowest BCUT2D eigenvalue weighted by molar-refractivity contribution is 0.0374. The minimum Gasteiger partial charge on any atom is -0.492 e. The fraction of sp³-hybridized carbons (Fsp3) is 0.500. The predicted molar refractivity (Wildman–Crippen MR) is 127 cm³/mol. The van der Waals surface area contributed by atoms with Crippen molar-refractivity contribution >= 4 is 29.0 Å². The molecule has 10 nitrogen and oxygen atoms in total. The first-order valence-corrected chi connectivity index (χ1v) is 12.6. The van der Waals surface area contributed by atoms with Crippen LogP contribution in [0, 0.1) is 0 Å². The van der Waals surface area contributed by atoms with Crippen LogP contribution in [0.3, 0.4) is 0 Å². The second-order valence-corrected chi connectivity index (χ2v) is 8.89. The number of morpholine rings is 1. The zero-order chi connectivity index (χ0) is 22.2. The van der Waals surface area contributed by atoms with E-state index < -0.39 is 0 Å². The van der Waals surface area contributed by atoms with Crippen molar-refractivity contribution in [2.75, 3.05) is 64.5 Å². The lowest BCUT2D eigenvalue weighted by Crippen LogP contribution is -2.37. The average molecular weight is 477 g/mol. The molecule has 3 aromatic rings. The largest absolute Gasteiger partial charge is 0.492 e. The number of ether oxygens (including phenoxy) is 2. The zero-order valence-electron chi connectivity index (χ0n) is 18.1. The van der Waals surface area contributed by atoms with Crippen molar-refractivity contribution < 1.29 is 9.47 Å². The molecule has 32 heavy (non-hydrogen) atoms. The molecule has 1 saturated heterocycles. The van der Waals surface area contributed by atoms with Gasteiger partial charge in [-0.3, -0.25) is 4.90 Å². The van der Waals surface area contributed by atoms with E-state index >= 15 is 0 Å². The monoisotopic (exact) mass is 476 g/mol. The normalized spacial score (nSPS) is 14.7. The first-order valence-electron chi connectivity index (χ1n) is 10.6. The van der Waals surface area contributed by atoms with Gasteiger partial charge in [-0.2, -0.15) is 9.67 Å². The van der Waals surface area contributed by atoms with Crippen molar-refractivity contribution in [2.45, 2.75) is 11.6 Å². The van der Waals surface area contributed by atoms with Crippen molar-refractivity contribution in [3.05, 3.63) is 24.3 Å². The van der Waals surface area contributed by atoms with Gasteiger partial charge in [0.05, 0.1) is 18.8 Å². The average Bonchev–Trinajstić information content (AvgIpc) is 3.46. The summed E-state index contributed by atoms with van der Waals surface area (Å²) in [5.74, 6) is 1.07. The Morgan fingerprint density at radius 2 is 2.06 bits per heavy atom. The van der Waals surface area contributed by atoms with Gasteiger partial charge in [0.15, 0.2) is 5.01 Å².